The number of hydrogen-bond donors (Lipinski definition) is 1. The second kappa shape index (κ2) is 9.65. The topological polar surface area (TPSA) is 69.0 Å². The lowest BCUT2D eigenvalue weighted by molar-refractivity contribution is -0.119. The average Bonchev–Trinajstić information content (AvgIpc) is 3.31. The molecule has 0 fully saturated rings. The van der Waals surface area contributed by atoms with Crippen molar-refractivity contribution < 1.29 is 4.79 Å². The van der Waals surface area contributed by atoms with Crippen molar-refractivity contribution in [2.75, 3.05) is 19.3 Å². The maximum atomic E-state index is 12.6. The van der Waals surface area contributed by atoms with Gasteiger partial charge >= 0.3 is 0 Å². The molecule has 3 heterocycles. The van der Waals surface area contributed by atoms with Crippen molar-refractivity contribution in [2.24, 2.45) is 0 Å². The Labute approximate surface area is 191 Å². The van der Waals surface area contributed by atoms with E-state index < -0.39 is 0 Å². The fourth-order valence-corrected chi connectivity index (χ4v) is 5.44. The van der Waals surface area contributed by atoms with Crippen LogP contribution in [0.15, 0.2) is 52.9 Å². The molecule has 3 aromatic rings. The third-order valence-electron chi connectivity index (χ3n) is 5.41. The molecule has 0 saturated heterocycles. The van der Waals surface area contributed by atoms with E-state index >= 15 is 0 Å². The van der Waals surface area contributed by atoms with Crippen molar-refractivity contribution in [1.82, 2.24) is 15.2 Å². The van der Waals surface area contributed by atoms with E-state index in [1.54, 1.807) is 11.3 Å². The van der Waals surface area contributed by atoms with Gasteiger partial charge in [0.1, 0.15) is 11.1 Å². The maximum absolute atomic E-state index is 12.6. The van der Waals surface area contributed by atoms with E-state index in [9.17, 15) is 10.1 Å². The van der Waals surface area contributed by atoms with Crippen molar-refractivity contribution in [3.63, 3.8) is 0 Å². The van der Waals surface area contributed by atoms with Gasteiger partial charge in [0, 0.05) is 35.6 Å². The summed E-state index contributed by atoms with van der Waals surface area (Å²) in [6, 6.07) is 16.3. The van der Waals surface area contributed by atoms with E-state index in [2.05, 4.69) is 29.4 Å². The summed E-state index contributed by atoms with van der Waals surface area (Å²) in [7, 11) is 2.09. The summed E-state index contributed by atoms with van der Waals surface area (Å²) in [5, 5.41) is 15.7. The first kappa shape index (κ1) is 21.6. The number of aromatic nitrogens is 1. The molecule has 0 aliphatic carbocycles. The third-order valence-corrected chi connectivity index (χ3v) is 7.27. The molecule has 0 saturated carbocycles. The number of likely N-dealkylation sites (N-methyl/N-ethyl adjacent to an activating group) is 1. The number of rotatable bonds is 6. The highest BCUT2D eigenvalue weighted by atomic mass is 32.2. The summed E-state index contributed by atoms with van der Waals surface area (Å²) in [6.45, 7) is 3.69. The molecule has 31 heavy (non-hydrogen) atoms. The van der Waals surface area contributed by atoms with Crippen LogP contribution < -0.4 is 5.32 Å². The number of benzene rings is 1. The zero-order valence-electron chi connectivity index (χ0n) is 17.6. The highest BCUT2D eigenvalue weighted by Gasteiger charge is 2.25. The van der Waals surface area contributed by atoms with Crippen molar-refractivity contribution in [1.29, 1.82) is 5.26 Å². The highest BCUT2D eigenvalue weighted by Crippen LogP contribution is 2.38. The van der Waals surface area contributed by atoms with Crippen LogP contribution in [0, 0.1) is 11.3 Å². The lowest BCUT2D eigenvalue weighted by Gasteiger charge is -2.27. The Bertz CT molecular complexity index is 1110. The van der Waals surface area contributed by atoms with E-state index in [0.717, 1.165) is 46.8 Å². The van der Waals surface area contributed by atoms with Crippen LogP contribution in [0.2, 0.25) is 0 Å². The fraction of sp³-hybridized carbons (Fsp3) is 0.292. The molecule has 2 aromatic heterocycles. The predicted octanol–water partition coefficient (Wildman–Crippen LogP) is 4.64. The standard InChI is InChI=1S/C24H24N4OS2/c1-16(17-7-4-3-5-8-17)26-22(29)15-31-24-18(13-25)23(21-9-6-12-30-21)19-14-28(2)11-10-20(19)27-24/h3-9,12,16H,10-11,14-15H2,1-2H3,(H,26,29)/t16-/m0/s1. The predicted molar refractivity (Wildman–Crippen MR) is 126 cm³/mol. The number of carbonyl (C=O) groups is 1. The van der Waals surface area contributed by atoms with Crippen LogP contribution in [0.4, 0.5) is 0 Å². The normalized spacial score (nSPS) is 14.5. The number of nitriles is 1. The number of thiophene rings is 1. The fourth-order valence-electron chi connectivity index (χ4n) is 3.81. The van der Waals surface area contributed by atoms with Gasteiger partial charge in [-0.2, -0.15) is 5.26 Å². The van der Waals surface area contributed by atoms with Crippen molar-refractivity contribution >= 4 is 29.0 Å². The molecule has 1 atom stereocenters. The van der Waals surface area contributed by atoms with Gasteiger partial charge in [0.05, 0.1) is 17.4 Å². The number of nitrogens with one attached hydrogen (secondary N) is 1. The minimum Gasteiger partial charge on any atom is -0.349 e. The van der Waals surface area contributed by atoms with Crippen molar-refractivity contribution in [3.05, 3.63) is 70.2 Å². The number of thioether (sulfide) groups is 1. The Morgan fingerprint density at radius 2 is 2.13 bits per heavy atom. The lowest BCUT2D eigenvalue weighted by atomic mass is 9.96. The maximum Gasteiger partial charge on any atom is 0.230 e. The molecule has 0 radical (unpaired) electrons. The van der Waals surface area contributed by atoms with E-state index in [0.29, 0.717) is 10.6 Å². The summed E-state index contributed by atoms with van der Waals surface area (Å²) < 4.78 is 0. The molecule has 1 aromatic carbocycles. The minimum absolute atomic E-state index is 0.0674. The Balaban J connectivity index is 1.58. The molecule has 5 nitrogen and oxygen atoms in total. The summed E-state index contributed by atoms with van der Waals surface area (Å²) in [5.41, 5.74) is 4.80. The molecule has 4 rings (SSSR count). The van der Waals surface area contributed by atoms with Crippen LogP contribution in [0.3, 0.4) is 0 Å². The molecule has 158 valence electrons. The van der Waals surface area contributed by atoms with E-state index in [1.807, 2.05) is 48.7 Å². The number of amides is 1. The van der Waals surface area contributed by atoms with Gasteiger partial charge in [0.15, 0.2) is 0 Å². The molecule has 0 bridgehead atoms. The smallest absolute Gasteiger partial charge is 0.230 e. The average molecular weight is 449 g/mol. The number of pyridine rings is 1. The Kier molecular flexibility index (Phi) is 6.71. The van der Waals surface area contributed by atoms with E-state index in [-0.39, 0.29) is 17.7 Å². The zero-order chi connectivity index (χ0) is 21.8. The Hall–Kier alpha value is -2.66. The summed E-state index contributed by atoms with van der Waals surface area (Å²) in [4.78, 5) is 20.8. The van der Waals surface area contributed by atoms with Gasteiger partial charge in [-0.25, -0.2) is 4.98 Å². The van der Waals surface area contributed by atoms with Gasteiger partial charge in [-0.1, -0.05) is 48.2 Å². The second-order valence-corrected chi connectivity index (χ2v) is 9.57. The van der Waals surface area contributed by atoms with Crippen LogP contribution >= 0.6 is 23.1 Å². The molecule has 1 aliphatic heterocycles. The summed E-state index contributed by atoms with van der Waals surface area (Å²) in [5.74, 6) is 0.156. The van der Waals surface area contributed by atoms with Crippen LogP contribution in [0.5, 0.6) is 0 Å². The van der Waals surface area contributed by atoms with Gasteiger partial charge in [-0.3, -0.25) is 4.79 Å². The molecule has 1 aliphatic rings. The van der Waals surface area contributed by atoms with Crippen LogP contribution in [0.1, 0.15) is 35.3 Å². The Morgan fingerprint density at radius 1 is 1.32 bits per heavy atom. The largest absolute Gasteiger partial charge is 0.349 e. The summed E-state index contributed by atoms with van der Waals surface area (Å²) >= 11 is 2.98. The SMILES string of the molecule is C[C@H](NC(=O)CSc1nc2c(c(-c3cccs3)c1C#N)CN(C)CC2)c1ccccc1. The number of hydrogen-bond acceptors (Lipinski definition) is 6. The van der Waals surface area contributed by atoms with Crippen molar-refractivity contribution in [3.8, 4) is 16.5 Å². The summed E-state index contributed by atoms with van der Waals surface area (Å²) in [6.07, 6.45) is 0.848. The monoisotopic (exact) mass is 448 g/mol. The van der Waals surface area contributed by atoms with Gasteiger partial charge in [0.25, 0.3) is 0 Å². The van der Waals surface area contributed by atoms with Gasteiger partial charge in [-0.05, 0) is 36.5 Å². The first-order chi connectivity index (χ1) is 15.1. The van der Waals surface area contributed by atoms with Gasteiger partial charge in [-0.15, -0.1) is 11.3 Å². The minimum atomic E-state index is -0.0709. The lowest BCUT2D eigenvalue weighted by Crippen LogP contribution is -2.29. The zero-order valence-corrected chi connectivity index (χ0v) is 19.2. The highest BCUT2D eigenvalue weighted by molar-refractivity contribution is 8.00. The molecule has 7 heteroatoms. The quantitative estimate of drug-likeness (QED) is 0.557. The first-order valence-electron chi connectivity index (χ1n) is 10.2. The third kappa shape index (κ3) is 4.82. The van der Waals surface area contributed by atoms with Crippen LogP contribution in [0.25, 0.3) is 10.4 Å². The molecular formula is C24H24N4OS2. The van der Waals surface area contributed by atoms with Gasteiger partial charge < -0.3 is 10.2 Å². The van der Waals surface area contributed by atoms with E-state index in [4.69, 9.17) is 4.98 Å². The second-order valence-electron chi connectivity index (χ2n) is 7.66. The molecular weight excluding hydrogens is 424 g/mol. The number of nitrogens with zero attached hydrogens (tertiary/aromatic N) is 3. The molecule has 0 unspecified atom stereocenters. The van der Waals surface area contributed by atoms with Gasteiger partial charge in [0.2, 0.25) is 5.91 Å². The van der Waals surface area contributed by atoms with Crippen LogP contribution in [-0.4, -0.2) is 35.1 Å². The number of carbonyl (C=O) groups excluding carboxylic acids is 1. The van der Waals surface area contributed by atoms with Crippen molar-refractivity contribution in [2.45, 2.75) is 31.0 Å². The first-order valence-corrected chi connectivity index (χ1v) is 12.1. The molecule has 1 N–H and O–H groups in total. The molecule has 0 spiro atoms. The van der Waals surface area contributed by atoms with Crippen LogP contribution in [-0.2, 0) is 17.8 Å². The molecule has 1 amide bonds. The van der Waals surface area contributed by atoms with E-state index in [1.165, 1.54) is 11.8 Å². The Morgan fingerprint density at radius 3 is 2.84 bits per heavy atom. The number of fused-ring (bicyclic) bond motifs is 1.